The molecule has 1 aromatic carbocycles. The molecule has 0 saturated carbocycles. The molecule has 2 heteroatoms. The van der Waals surface area contributed by atoms with Gasteiger partial charge in [0, 0.05) is 6.61 Å². The predicted molar refractivity (Wildman–Crippen MR) is 68.5 cm³/mol. The molecule has 0 aliphatic rings. The first-order chi connectivity index (χ1) is 7.83. The van der Waals surface area contributed by atoms with Crippen LogP contribution < -0.4 is 5.32 Å². The summed E-state index contributed by atoms with van der Waals surface area (Å²) in [6.07, 6.45) is 1.96. The molecule has 1 N–H and O–H groups in total. The van der Waals surface area contributed by atoms with Gasteiger partial charge in [-0.25, -0.2) is 0 Å². The Morgan fingerprint density at radius 1 is 1.31 bits per heavy atom. The fraction of sp³-hybridized carbons (Fsp3) is 0.429. The molecule has 2 nitrogen and oxygen atoms in total. The lowest BCUT2D eigenvalue weighted by atomic mass is 10.0. The van der Waals surface area contributed by atoms with Gasteiger partial charge in [-0.05, 0) is 19.0 Å². The number of hydrogen-bond acceptors (Lipinski definition) is 2. The Bertz CT molecular complexity index is 297. The highest BCUT2D eigenvalue weighted by Gasteiger charge is 2.19. The molecule has 1 aromatic rings. The number of benzene rings is 1. The Labute approximate surface area is 98.3 Å². The van der Waals surface area contributed by atoms with Crippen molar-refractivity contribution in [3.63, 3.8) is 0 Å². The van der Waals surface area contributed by atoms with Crippen molar-refractivity contribution in [2.75, 3.05) is 13.2 Å². The molecule has 0 heterocycles. The molecule has 88 valence electrons. The monoisotopic (exact) mass is 219 g/mol. The smallest absolute Gasteiger partial charge is 0.101 e. The molecule has 0 aliphatic carbocycles. The third-order valence-corrected chi connectivity index (χ3v) is 2.49. The van der Waals surface area contributed by atoms with Gasteiger partial charge in [-0.2, -0.15) is 0 Å². The van der Waals surface area contributed by atoms with Gasteiger partial charge in [-0.1, -0.05) is 43.3 Å². The number of likely N-dealkylation sites (N-methyl/N-ethyl adjacent to an activating group) is 1. The van der Waals surface area contributed by atoms with Crippen molar-refractivity contribution in [1.29, 1.82) is 0 Å². The Morgan fingerprint density at radius 3 is 2.50 bits per heavy atom. The maximum atomic E-state index is 5.80. The van der Waals surface area contributed by atoms with Gasteiger partial charge in [0.1, 0.15) is 6.10 Å². The third-order valence-electron chi connectivity index (χ3n) is 2.49. The normalized spacial score (nSPS) is 14.4. The van der Waals surface area contributed by atoms with E-state index in [0.717, 1.165) is 6.54 Å². The third kappa shape index (κ3) is 3.47. The number of hydrogen-bond donors (Lipinski definition) is 1. The zero-order valence-corrected chi connectivity index (χ0v) is 10.1. The van der Waals surface area contributed by atoms with Crippen LogP contribution in [0.5, 0.6) is 0 Å². The molecule has 0 amide bonds. The molecular weight excluding hydrogens is 198 g/mol. The molecule has 16 heavy (non-hydrogen) atoms. The van der Waals surface area contributed by atoms with Crippen molar-refractivity contribution in [1.82, 2.24) is 5.32 Å². The van der Waals surface area contributed by atoms with Gasteiger partial charge in [0.05, 0.1) is 6.04 Å². The highest BCUT2D eigenvalue weighted by Crippen LogP contribution is 2.21. The summed E-state index contributed by atoms with van der Waals surface area (Å²) >= 11 is 0. The molecule has 0 aliphatic heterocycles. The van der Waals surface area contributed by atoms with E-state index in [4.69, 9.17) is 4.74 Å². The zero-order chi connectivity index (χ0) is 11.8. The van der Waals surface area contributed by atoms with Crippen LogP contribution in [0.15, 0.2) is 43.0 Å². The second-order valence-electron chi connectivity index (χ2n) is 3.61. The summed E-state index contributed by atoms with van der Waals surface area (Å²) < 4.78 is 5.80. The van der Waals surface area contributed by atoms with Crippen LogP contribution in [-0.4, -0.2) is 19.2 Å². The Hall–Kier alpha value is -1.12. The van der Waals surface area contributed by atoms with Gasteiger partial charge in [0.15, 0.2) is 0 Å². The van der Waals surface area contributed by atoms with E-state index >= 15 is 0 Å². The first-order valence-electron chi connectivity index (χ1n) is 5.86. The van der Waals surface area contributed by atoms with Crippen molar-refractivity contribution in [2.45, 2.75) is 26.0 Å². The van der Waals surface area contributed by atoms with Crippen LogP contribution in [0.2, 0.25) is 0 Å². The van der Waals surface area contributed by atoms with E-state index in [1.165, 1.54) is 5.56 Å². The maximum Gasteiger partial charge on any atom is 0.101 e. The van der Waals surface area contributed by atoms with Crippen molar-refractivity contribution in [3.8, 4) is 0 Å². The van der Waals surface area contributed by atoms with Gasteiger partial charge in [-0.3, -0.25) is 0 Å². The summed E-state index contributed by atoms with van der Waals surface area (Å²) in [6, 6.07) is 10.4. The number of ether oxygens (including phenoxy) is 1. The number of rotatable bonds is 7. The van der Waals surface area contributed by atoms with Crippen molar-refractivity contribution in [3.05, 3.63) is 48.6 Å². The first kappa shape index (κ1) is 12.9. The molecule has 0 bridgehead atoms. The van der Waals surface area contributed by atoms with Crippen molar-refractivity contribution >= 4 is 0 Å². The average Bonchev–Trinajstić information content (AvgIpc) is 2.35. The first-order valence-corrected chi connectivity index (χ1v) is 5.86. The zero-order valence-electron chi connectivity index (χ0n) is 10.1. The summed E-state index contributed by atoms with van der Waals surface area (Å²) in [5.41, 5.74) is 1.19. The maximum absolute atomic E-state index is 5.80. The van der Waals surface area contributed by atoms with Crippen molar-refractivity contribution in [2.24, 2.45) is 0 Å². The van der Waals surface area contributed by atoms with E-state index in [2.05, 4.69) is 31.0 Å². The minimum atomic E-state index is 0.0450. The van der Waals surface area contributed by atoms with Crippen LogP contribution in [0.4, 0.5) is 0 Å². The largest absolute Gasteiger partial charge is 0.372 e. The minimum absolute atomic E-state index is 0.0450. The van der Waals surface area contributed by atoms with E-state index in [1.807, 2.05) is 31.2 Å². The molecular formula is C14H21NO. The van der Waals surface area contributed by atoms with Crippen LogP contribution in [0, 0.1) is 0 Å². The number of nitrogens with one attached hydrogen (secondary N) is 1. The summed E-state index contributed by atoms with van der Waals surface area (Å²) in [5, 5.41) is 3.37. The molecule has 0 saturated heterocycles. The van der Waals surface area contributed by atoms with E-state index in [9.17, 15) is 0 Å². The van der Waals surface area contributed by atoms with E-state index < -0.39 is 0 Å². The Kier molecular flexibility index (Phi) is 5.83. The summed E-state index contributed by atoms with van der Waals surface area (Å²) in [6.45, 7) is 9.58. The van der Waals surface area contributed by atoms with E-state index in [-0.39, 0.29) is 12.1 Å². The molecule has 1 rings (SSSR count). The summed E-state index contributed by atoms with van der Waals surface area (Å²) in [4.78, 5) is 0. The SMILES string of the molecule is C=CC(NCC)C(OCC)c1ccccc1. The fourth-order valence-corrected chi connectivity index (χ4v) is 1.78. The van der Waals surface area contributed by atoms with Gasteiger partial charge in [-0.15, -0.1) is 6.58 Å². The lowest BCUT2D eigenvalue weighted by Crippen LogP contribution is -2.34. The summed E-state index contributed by atoms with van der Waals surface area (Å²) in [5.74, 6) is 0. The standard InChI is InChI=1S/C14H21NO/c1-4-13(15-5-2)14(16-6-3)12-10-8-7-9-11-12/h4,7-11,13-15H,1,5-6H2,2-3H3. The lowest BCUT2D eigenvalue weighted by Gasteiger charge is -2.25. The van der Waals surface area contributed by atoms with Crippen LogP contribution >= 0.6 is 0 Å². The van der Waals surface area contributed by atoms with E-state index in [0.29, 0.717) is 6.61 Å². The predicted octanol–water partition coefficient (Wildman–Crippen LogP) is 2.93. The molecule has 2 atom stereocenters. The lowest BCUT2D eigenvalue weighted by molar-refractivity contribution is 0.0454. The second kappa shape index (κ2) is 7.20. The topological polar surface area (TPSA) is 21.3 Å². The highest BCUT2D eigenvalue weighted by molar-refractivity contribution is 5.20. The van der Waals surface area contributed by atoms with Gasteiger partial charge < -0.3 is 10.1 Å². The average molecular weight is 219 g/mol. The fourth-order valence-electron chi connectivity index (χ4n) is 1.78. The van der Waals surface area contributed by atoms with Crippen LogP contribution in [0.1, 0.15) is 25.5 Å². The molecule has 0 fully saturated rings. The molecule has 0 aromatic heterocycles. The van der Waals surface area contributed by atoms with Gasteiger partial charge in [0.25, 0.3) is 0 Å². The van der Waals surface area contributed by atoms with Crippen LogP contribution in [0.3, 0.4) is 0 Å². The molecule has 0 spiro atoms. The minimum Gasteiger partial charge on any atom is -0.372 e. The van der Waals surface area contributed by atoms with Crippen molar-refractivity contribution < 1.29 is 4.74 Å². The Morgan fingerprint density at radius 2 is 2.00 bits per heavy atom. The van der Waals surface area contributed by atoms with Gasteiger partial charge in [0.2, 0.25) is 0 Å². The quantitative estimate of drug-likeness (QED) is 0.712. The Balaban J connectivity index is 2.84. The molecule has 0 radical (unpaired) electrons. The van der Waals surface area contributed by atoms with Gasteiger partial charge >= 0.3 is 0 Å². The summed E-state index contributed by atoms with van der Waals surface area (Å²) in [7, 11) is 0. The highest BCUT2D eigenvalue weighted by atomic mass is 16.5. The second-order valence-corrected chi connectivity index (χ2v) is 3.61. The van der Waals surface area contributed by atoms with E-state index in [1.54, 1.807) is 0 Å². The van der Waals surface area contributed by atoms with Crippen LogP contribution in [-0.2, 0) is 4.74 Å². The molecule has 2 unspecified atom stereocenters. The van der Waals surface area contributed by atoms with Crippen LogP contribution in [0.25, 0.3) is 0 Å².